The highest BCUT2D eigenvalue weighted by molar-refractivity contribution is 6.30. The summed E-state index contributed by atoms with van der Waals surface area (Å²) in [6.45, 7) is 4.55. The molecular weight excluding hydrogens is 262 g/mol. The molecule has 1 aromatic carbocycles. The minimum atomic E-state index is 0.0918. The van der Waals surface area contributed by atoms with E-state index < -0.39 is 0 Å². The Morgan fingerprint density at radius 3 is 2.68 bits per heavy atom. The number of aromatic nitrogens is 2. The van der Waals surface area contributed by atoms with Gasteiger partial charge in [-0.3, -0.25) is 0 Å². The normalized spacial score (nSPS) is 11.9. The predicted molar refractivity (Wildman–Crippen MR) is 76.7 cm³/mol. The fraction of sp³-hybridized carbons (Fsp3) is 0.286. The van der Waals surface area contributed by atoms with Gasteiger partial charge in [0.25, 0.3) is 0 Å². The molecule has 1 heterocycles. The molecule has 0 aliphatic heterocycles. The van der Waals surface area contributed by atoms with E-state index in [1.165, 1.54) is 0 Å². The van der Waals surface area contributed by atoms with Crippen molar-refractivity contribution in [3.05, 3.63) is 47.1 Å². The van der Waals surface area contributed by atoms with Crippen LogP contribution in [0.4, 0.5) is 5.95 Å². The van der Waals surface area contributed by atoms with Crippen molar-refractivity contribution in [3.8, 4) is 5.88 Å². The first-order valence-electron chi connectivity index (χ1n) is 6.17. The van der Waals surface area contributed by atoms with Crippen molar-refractivity contribution < 1.29 is 4.74 Å². The van der Waals surface area contributed by atoms with Gasteiger partial charge in [-0.15, -0.1) is 0 Å². The van der Waals surface area contributed by atoms with Gasteiger partial charge in [0.2, 0.25) is 11.8 Å². The van der Waals surface area contributed by atoms with Gasteiger partial charge in [-0.1, -0.05) is 23.7 Å². The Morgan fingerprint density at radius 1 is 1.26 bits per heavy atom. The van der Waals surface area contributed by atoms with Crippen LogP contribution in [0.25, 0.3) is 0 Å². The lowest BCUT2D eigenvalue weighted by atomic mass is 10.1. The molecule has 1 atom stereocenters. The van der Waals surface area contributed by atoms with Crippen LogP contribution in [0.5, 0.6) is 5.88 Å². The molecule has 0 bridgehead atoms. The van der Waals surface area contributed by atoms with Crippen LogP contribution >= 0.6 is 11.6 Å². The average Bonchev–Trinajstić information content (AvgIpc) is 2.40. The highest BCUT2D eigenvalue weighted by atomic mass is 35.5. The van der Waals surface area contributed by atoms with Crippen LogP contribution in [0, 0.1) is 0 Å². The Labute approximate surface area is 117 Å². The number of anilines is 1. The molecule has 0 fully saturated rings. The Bertz CT molecular complexity index is 530. The van der Waals surface area contributed by atoms with Gasteiger partial charge >= 0.3 is 0 Å². The molecule has 1 unspecified atom stereocenters. The van der Waals surface area contributed by atoms with E-state index in [-0.39, 0.29) is 6.04 Å². The van der Waals surface area contributed by atoms with Crippen LogP contribution < -0.4 is 10.1 Å². The molecule has 0 radical (unpaired) electrons. The maximum Gasteiger partial charge on any atom is 0.226 e. The Morgan fingerprint density at radius 2 is 2.00 bits per heavy atom. The van der Waals surface area contributed by atoms with Gasteiger partial charge in [0.05, 0.1) is 12.6 Å². The van der Waals surface area contributed by atoms with E-state index in [1.807, 2.05) is 38.1 Å². The molecule has 0 spiro atoms. The minimum absolute atomic E-state index is 0.0918. The average molecular weight is 278 g/mol. The third-order valence-electron chi connectivity index (χ3n) is 2.64. The highest BCUT2D eigenvalue weighted by Gasteiger charge is 2.07. The SMILES string of the molecule is CCOc1ccnc(NC(C)c2ccc(Cl)cc2)n1. The lowest BCUT2D eigenvalue weighted by molar-refractivity contribution is 0.326. The van der Waals surface area contributed by atoms with Crippen LogP contribution in [-0.4, -0.2) is 16.6 Å². The summed E-state index contributed by atoms with van der Waals surface area (Å²) in [5.41, 5.74) is 1.12. The zero-order chi connectivity index (χ0) is 13.7. The van der Waals surface area contributed by atoms with Crippen molar-refractivity contribution in [2.45, 2.75) is 19.9 Å². The van der Waals surface area contributed by atoms with Crippen LogP contribution in [0.2, 0.25) is 5.02 Å². The molecule has 2 aromatic rings. The molecule has 100 valence electrons. The summed E-state index contributed by atoms with van der Waals surface area (Å²) in [6.07, 6.45) is 1.68. The van der Waals surface area contributed by atoms with Crippen molar-refractivity contribution >= 4 is 17.5 Å². The van der Waals surface area contributed by atoms with E-state index in [0.717, 1.165) is 10.6 Å². The number of nitrogens with zero attached hydrogens (tertiary/aromatic N) is 2. The summed E-state index contributed by atoms with van der Waals surface area (Å²) >= 11 is 5.87. The predicted octanol–water partition coefficient (Wildman–Crippen LogP) is 3.70. The van der Waals surface area contributed by atoms with Crippen LogP contribution in [0.15, 0.2) is 36.5 Å². The lowest BCUT2D eigenvalue weighted by Gasteiger charge is -2.14. The van der Waals surface area contributed by atoms with Crippen molar-refractivity contribution in [2.75, 3.05) is 11.9 Å². The van der Waals surface area contributed by atoms with Crippen LogP contribution in [0.1, 0.15) is 25.5 Å². The molecule has 4 nitrogen and oxygen atoms in total. The quantitative estimate of drug-likeness (QED) is 0.905. The number of hydrogen-bond acceptors (Lipinski definition) is 4. The summed E-state index contributed by atoms with van der Waals surface area (Å²) in [7, 11) is 0. The van der Waals surface area contributed by atoms with E-state index >= 15 is 0 Å². The van der Waals surface area contributed by atoms with Gasteiger partial charge in [-0.2, -0.15) is 4.98 Å². The monoisotopic (exact) mass is 277 g/mol. The van der Waals surface area contributed by atoms with Gasteiger partial charge in [0, 0.05) is 17.3 Å². The Hall–Kier alpha value is -1.81. The molecular formula is C14H16ClN3O. The third kappa shape index (κ3) is 3.83. The standard InChI is InChI=1S/C14H16ClN3O/c1-3-19-13-8-9-16-14(18-13)17-10(2)11-4-6-12(15)7-5-11/h4-10H,3H2,1-2H3,(H,16,17,18). The largest absolute Gasteiger partial charge is 0.478 e. The topological polar surface area (TPSA) is 47.0 Å². The molecule has 0 aliphatic rings. The maximum atomic E-state index is 5.87. The van der Waals surface area contributed by atoms with Crippen molar-refractivity contribution in [3.63, 3.8) is 0 Å². The Kier molecular flexibility index (Phi) is 4.58. The molecule has 1 aromatic heterocycles. The molecule has 0 amide bonds. The summed E-state index contributed by atoms with van der Waals surface area (Å²) in [5, 5.41) is 3.96. The van der Waals surface area contributed by atoms with Crippen molar-refractivity contribution in [1.82, 2.24) is 9.97 Å². The summed E-state index contributed by atoms with van der Waals surface area (Å²) in [4.78, 5) is 8.45. The lowest BCUT2D eigenvalue weighted by Crippen LogP contribution is -2.09. The van der Waals surface area contributed by atoms with Gasteiger partial charge in [0.15, 0.2) is 0 Å². The van der Waals surface area contributed by atoms with E-state index in [1.54, 1.807) is 12.3 Å². The second-order valence-corrected chi connectivity index (χ2v) is 4.51. The van der Waals surface area contributed by atoms with Gasteiger partial charge in [-0.05, 0) is 31.5 Å². The number of nitrogens with one attached hydrogen (secondary N) is 1. The van der Waals surface area contributed by atoms with Gasteiger partial charge in [-0.25, -0.2) is 4.98 Å². The first-order chi connectivity index (χ1) is 9.19. The molecule has 2 rings (SSSR count). The number of benzene rings is 1. The third-order valence-corrected chi connectivity index (χ3v) is 2.89. The molecule has 0 aliphatic carbocycles. The zero-order valence-electron chi connectivity index (χ0n) is 10.9. The molecule has 0 saturated heterocycles. The maximum absolute atomic E-state index is 5.87. The molecule has 1 N–H and O–H groups in total. The van der Waals surface area contributed by atoms with E-state index in [4.69, 9.17) is 16.3 Å². The van der Waals surface area contributed by atoms with Crippen LogP contribution in [0.3, 0.4) is 0 Å². The minimum Gasteiger partial charge on any atom is -0.478 e. The number of rotatable bonds is 5. The fourth-order valence-electron chi connectivity index (χ4n) is 1.67. The smallest absolute Gasteiger partial charge is 0.226 e. The second kappa shape index (κ2) is 6.38. The van der Waals surface area contributed by atoms with Crippen molar-refractivity contribution in [1.29, 1.82) is 0 Å². The molecule has 5 heteroatoms. The van der Waals surface area contributed by atoms with E-state index in [0.29, 0.717) is 18.4 Å². The number of ether oxygens (including phenoxy) is 1. The second-order valence-electron chi connectivity index (χ2n) is 4.07. The van der Waals surface area contributed by atoms with Crippen molar-refractivity contribution in [2.24, 2.45) is 0 Å². The first kappa shape index (κ1) is 13.6. The number of hydrogen-bond donors (Lipinski definition) is 1. The van der Waals surface area contributed by atoms with Gasteiger partial charge < -0.3 is 10.1 Å². The molecule has 19 heavy (non-hydrogen) atoms. The summed E-state index contributed by atoms with van der Waals surface area (Å²) in [5.74, 6) is 1.12. The zero-order valence-corrected chi connectivity index (χ0v) is 11.7. The Balaban J connectivity index is 2.07. The van der Waals surface area contributed by atoms with E-state index in [2.05, 4.69) is 15.3 Å². The summed E-state index contributed by atoms with van der Waals surface area (Å²) in [6, 6.07) is 9.52. The first-order valence-corrected chi connectivity index (χ1v) is 6.54. The fourth-order valence-corrected chi connectivity index (χ4v) is 1.79. The molecule has 0 saturated carbocycles. The van der Waals surface area contributed by atoms with Crippen LogP contribution in [-0.2, 0) is 0 Å². The highest BCUT2D eigenvalue weighted by Crippen LogP contribution is 2.19. The summed E-state index contributed by atoms with van der Waals surface area (Å²) < 4.78 is 5.34. The van der Waals surface area contributed by atoms with Gasteiger partial charge in [0.1, 0.15) is 0 Å². The van der Waals surface area contributed by atoms with E-state index in [9.17, 15) is 0 Å². The number of halogens is 1.